The van der Waals surface area contributed by atoms with Crippen LogP contribution < -0.4 is 4.74 Å². The maximum absolute atomic E-state index is 14.8. The highest BCUT2D eigenvalue weighted by molar-refractivity contribution is 7.99. The average molecular weight is 478 g/mol. The fourth-order valence-corrected chi connectivity index (χ4v) is 4.94. The minimum atomic E-state index is -1.50. The number of fused-ring (bicyclic) bond motifs is 1. The summed E-state index contributed by atoms with van der Waals surface area (Å²) in [6, 6.07) is 10.5. The predicted octanol–water partition coefficient (Wildman–Crippen LogP) is 3.00. The van der Waals surface area contributed by atoms with Gasteiger partial charge in [0.25, 0.3) is 0 Å². The molecule has 5 atom stereocenters. The van der Waals surface area contributed by atoms with Crippen molar-refractivity contribution in [3.05, 3.63) is 54.0 Å². The third-order valence-electron chi connectivity index (χ3n) is 5.59. The molecular weight excluding hydrogens is 449 g/mol. The number of aliphatic hydroxyl groups is 4. The second-order valence-corrected chi connectivity index (χ2v) is 9.59. The number of rotatable bonds is 6. The largest absolute Gasteiger partial charge is 0.491 e. The summed E-state index contributed by atoms with van der Waals surface area (Å²) in [7, 11) is 0. The zero-order valence-electron chi connectivity index (χ0n) is 18.6. The van der Waals surface area contributed by atoms with Crippen molar-refractivity contribution in [1.29, 1.82) is 0 Å². The van der Waals surface area contributed by atoms with E-state index in [2.05, 4.69) is 0 Å². The second-order valence-electron chi connectivity index (χ2n) is 8.50. The Balaban J connectivity index is 1.73. The van der Waals surface area contributed by atoms with Crippen molar-refractivity contribution in [1.82, 2.24) is 4.57 Å². The van der Waals surface area contributed by atoms with Crippen molar-refractivity contribution in [3.8, 4) is 5.75 Å². The molecule has 1 fully saturated rings. The van der Waals surface area contributed by atoms with E-state index < -0.39 is 43.1 Å². The summed E-state index contributed by atoms with van der Waals surface area (Å²) >= 11 is 1.22. The topological polar surface area (TPSA) is 104 Å². The smallest absolute Gasteiger partial charge is 0.163 e. The molecular formula is C24H28FNO6S. The lowest BCUT2D eigenvalue weighted by molar-refractivity contribution is -0.250. The van der Waals surface area contributed by atoms with Gasteiger partial charge >= 0.3 is 0 Å². The number of aliphatic hydroxyl groups excluding tert-OH is 4. The number of aryl methyl sites for hydroxylation is 1. The second kappa shape index (κ2) is 9.61. The van der Waals surface area contributed by atoms with Crippen molar-refractivity contribution in [3.63, 3.8) is 0 Å². The average Bonchev–Trinajstić information content (AvgIpc) is 3.11. The van der Waals surface area contributed by atoms with Gasteiger partial charge < -0.3 is 34.5 Å². The zero-order valence-corrected chi connectivity index (χ0v) is 19.4. The van der Waals surface area contributed by atoms with Gasteiger partial charge in [-0.05, 0) is 44.5 Å². The van der Waals surface area contributed by atoms with Crippen LogP contribution in [0.15, 0.2) is 52.4 Å². The van der Waals surface area contributed by atoms with Crippen LogP contribution in [0.2, 0.25) is 0 Å². The van der Waals surface area contributed by atoms with E-state index in [1.54, 1.807) is 22.9 Å². The zero-order chi connectivity index (χ0) is 23.9. The summed E-state index contributed by atoms with van der Waals surface area (Å²) in [4.78, 5) is 1.12. The van der Waals surface area contributed by atoms with E-state index in [9.17, 15) is 24.8 Å². The summed E-state index contributed by atoms with van der Waals surface area (Å²) < 4.78 is 27.8. The van der Waals surface area contributed by atoms with Crippen LogP contribution in [0.25, 0.3) is 10.9 Å². The lowest BCUT2D eigenvalue weighted by Gasteiger charge is -2.40. The molecule has 33 heavy (non-hydrogen) atoms. The summed E-state index contributed by atoms with van der Waals surface area (Å²) in [6.45, 7) is 5.15. The molecule has 4 rings (SSSR count). The Morgan fingerprint density at radius 2 is 1.82 bits per heavy atom. The first-order chi connectivity index (χ1) is 15.7. The van der Waals surface area contributed by atoms with Crippen molar-refractivity contribution in [2.75, 3.05) is 6.61 Å². The highest BCUT2D eigenvalue weighted by atomic mass is 32.2. The van der Waals surface area contributed by atoms with Gasteiger partial charge in [0.05, 0.1) is 18.2 Å². The predicted molar refractivity (Wildman–Crippen MR) is 122 cm³/mol. The monoisotopic (exact) mass is 477 g/mol. The maximum Gasteiger partial charge on any atom is 0.163 e. The van der Waals surface area contributed by atoms with E-state index in [0.717, 1.165) is 15.8 Å². The molecule has 4 N–H and O–H groups in total. The molecule has 0 bridgehead atoms. The van der Waals surface area contributed by atoms with Crippen LogP contribution in [-0.2, 0) is 4.74 Å². The molecule has 1 aromatic heterocycles. The van der Waals surface area contributed by atoms with Crippen molar-refractivity contribution >= 4 is 22.7 Å². The van der Waals surface area contributed by atoms with Gasteiger partial charge in [-0.1, -0.05) is 23.9 Å². The van der Waals surface area contributed by atoms with Gasteiger partial charge in [0.2, 0.25) is 0 Å². The molecule has 0 amide bonds. The molecule has 0 aliphatic carbocycles. The summed E-state index contributed by atoms with van der Waals surface area (Å²) in [6.07, 6.45) is -4.80. The van der Waals surface area contributed by atoms with Gasteiger partial charge in [0, 0.05) is 27.4 Å². The first-order valence-corrected chi connectivity index (χ1v) is 11.6. The first kappa shape index (κ1) is 24.0. The summed E-state index contributed by atoms with van der Waals surface area (Å²) in [5.41, 5.74) is 1.67. The van der Waals surface area contributed by atoms with Gasteiger partial charge in [0.15, 0.2) is 6.23 Å². The third-order valence-corrected chi connectivity index (χ3v) is 6.69. The number of aromatic nitrogens is 1. The van der Waals surface area contributed by atoms with E-state index in [-0.39, 0.29) is 6.10 Å². The fourth-order valence-electron chi connectivity index (χ4n) is 3.96. The highest BCUT2D eigenvalue weighted by Crippen LogP contribution is 2.40. The Labute approximate surface area is 195 Å². The van der Waals surface area contributed by atoms with Gasteiger partial charge in [-0.25, -0.2) is 4.39 Å². The number of benzene rings is 2. The number of hydrogen-bond donors (Lipinski definition) is 4. The number of halogens is 1. The number of nitrogens with zero attached hydrogens (tertiary/aromatic N) is 1. The molecule has 7 nitrogen and oxygen atoms in total. The Morgan fingerprint density at radius 1 is 1.06 bits per heavy atom. The fraction of sp³-hybridized carbons (Fsp3) is 0.417. The molecule has 1 saturated heterocycles. The molecule has 9 heteroatoms. The van der Waals surface area contributed by atoms with Crippen LogP contribution in [-0.4, -0.2) is 62.1 Å². The Morgan fingerprint density at radius 3 is 2.48 bits per heavy atom. The van der Waals surface area contributed by atoms with Crippen LogP contribution >= 0.6 is 11.8 Å². The van der Waals surface area contributed by atoms with Crippen molar-refractivity contribution in [2.45, 2.75) is 67.3 Å². The lowest BCUT2D eigenvalue weighted by Crippen LogP contribution is -2.56. The lowest BCUT2D eigenvalue weighted by atomic mass is 9.98. The van der Waals surface area contributed by atoms with E-state index in [1.165, 1.54) is 17.8 Å². The van der Waals surface area contributed by atoms with Crippen LogP contribution in [0.5, 0.6) is 5.75 Å². The van der Waals surface area contributed by atoms with E-state index in [1.807, 2.05) is 39.0 Å². The van der Waals surface area contributed by atoms with Crippen LogP contribution in [0, 0.1) is 12.7 Å². The quantitative estimate of drug-likeness (QED) is 0.433. The molecule has 2 aromatic carbocycles. The Kier molecular flexibility index (Phi) is 6.99. The van der Waals surface area contributed by atoms with Gasteiger partial charge in [-0.2, -0.15) is 0 Å². The number of ether oxygens (including phenoxy) is 2. The van der Waals surface area contributed by atoms with Crippen LogP contribution in [0.1, 0.15) is 25.6 Å². The first-order valence-electron chi connectivity index (χ1n) is 10.8. The van der Waals surface area contributed by atoms with Gasteiger partial charge in [-0.3, -0.25) is 0 Å². The minimum Gasteiger partial charge on any atom is -0.491 e. The van der Waals surface area contributed by atoms with Crippen LogP contribution in [0.3, 0.4) is 0 Å². The van der Waals surface area contributed by atoms with Crippen LogP contribution in [0.4, 0.5) is 4.39 Å². The minimum absolute atomic E-state index is 0.0670. The number of hydrogen-bond acceptors (Lipinski definition) is 7. The van der Waals surface area contributed by atoms with Crippen molar-refractivity contribution < 1.29 is 34.3 Å². The molecule has 0 unspecified atom stereocenters. The van der Waals surface area contributed by atoms with Crippen molar-refractivity contribution in [2.24, 2.45) is 0 Å². The standard InChI is InChI=1S/C24H28FNO6S/c1-12(2)31-14-5-7-19(16(25)9-14)33-20-10-26(17-8-13(3)4-6-15(17)20)24-23(30)22(29)21(28)18(11-27)32-24/h4-10,12,18,21-24,27-30H,11H2,1-3H3/t18-,21-,22+,23-,24-/m1/s1. The molecule has 0 spiro atoms. The SMILES string of the molecule is Cc1ccc2c(Sc3ccc(OC(C)C)cc3F)cn([C@@H]3O[C@H](CO)[C@@H](O)[C@H](O)[C@H]3O)c2c1. The Hall–Kier alpha value is -2.14. The van der Waals surface area contributed by atoms with E-state index >= 15 is 0 Å². The molecule has 178 valence electrons. The normalized spacial score (nSPS) is 25.7. The molecule has 1 aliphatic heterocycles. The van der Waals surface area contributed by atoms with Gasteiger partial charge in [0.1, 0.15) is 36.0 Å². The van der Waals surface area contributed by atoms with E-state index in [0.29, 0.717) is 16.2 Å². The molecule has 0 saturated carbocycles. The molecule has 1 aliphatic rings. The summed E-state index contributed by atoms with van der Waals surface area (Å²) in [5, 5.41) is 41.4. The van der Waals surface area contributed by atoms with Gasteiger partial charge in [-0.15, -0.1) is 0 Å². The maximum atomic E-state index is 14.8. The van der Waals surface area contributed by atoms with E-state index in [4.69, 9.17) is 9.47 Å². The molecule has 0 radical (unpaired) electrons. The molecule has 3 aromatic rings. The Bertz CT molecular complexity index is 1130. The molecule has 2 heterocycles. The summed E-state index contributed by atoms with van der Waals surface area (Å²) in [5.74, 6) is 0.0326. The third kappa shape index (κ3) is 4.75. The highest BCUT2D eigenvalue weighted by Gasteiger charge is 2.44.